The molecule has 6 N–H and O–H groups in total. The number of fused-ring (bicyclic) bond motifs is 1. The fourth-order valence-electron chi connectivity index (χ4n) is 9.17. The SMILES string of the molecule is C=C1C[C@]23C[C@H]1CC[C@H]2[C@@]12C[C@H](O[C@@H]4O[C@H](CO)[C@@H](O)[C@H](O)[C@H]4O)[C@H](O)[C@](C)(C(=O)O1)[C@H]2[C@@H]3C(=O)O. The number of aliphatic hydroxyl groups is 5. The summed E-state index contributed by atoms with van der Waals surface area (Å²) in [6, 6.07) is 0. The van der Waals surface area contributed by atoms with E-state index in [1.54, 1.807) is 0 Å². The van der Waals surface area contributed by atoms with Crippen LogP contribution in [0, 0.1) is 34.5 Å². The largest absolute Gasteiger partial charge is 0.481 e. The summed E-state index contributed by atoms with van der Waals surface area (Å²) in [6.07, 6.45) is -7.49. The number of hydrogen-bond donors (Lipinski definition) is 6. The molecule has 0 amide bonds. The molecule has 2 aliphatic heterocycles. The zero-order valence-corrected chi connectivity index (χ0v) is 20.0. The number of rotatable bonds is 4. The van der Waals surface area contributed by atoms with Crippen LogP contribution in [-0.4, -0.2) is 97.7 Å². The first-order chi connectivity index (χ1) is 16.9. The molecule has 2 saturated heterocycles. The Balaban J connectivity index is 1.39. The fraction of sp³-hybridized carbons (Fsp3) is 0.840. The first-order valence-electron chi connectivity index (χ1n) is 12.7. The minimum Gasteiger partial charge on any atom is -0.481 e. The van der Waals surface area contributed by atoms with Gasteiger partial charge in [-0.2, -0.15) is 0 Å². The number of hydrogen-bond acceptors (Lipinski definition) is 10. The Morgan fingerprint density at radius 3 is 2.53 bits per heavy atom. The van der Waals surface area contributed by atoms with Crippen molar-refractivity contribution in [2.24, 2.45) is 34.5 Å². The minimum absolute atomic E-state index is 0.00250. The minimum atomic E-state index is -1.68. The number of esters is 1. The van der Waals surface area contributed by atoms with Gasteiger partial charge in [0.25, 0.3) is 0 Å². The van der Waals surface area contributed by atoms with E-state index in [1.165, 1.54) is 6.92 Å². The highest BCUT2D eigenvalue weighted by Crippen LogP contribution is 2.78. The van der Waals surface area contributed by atoms with Gasteiger partial charge in [-0.15, -0.1) is 0 Å². The second-order valence-electron chi connectivity index (χ2n) is 12.0. The summed E-state index contributed by atoms with van der Waals surface area (Å²) in [5, 5.41) is 62.3. The van der Waals surface area contributed by atoms with Gasteiger partial charge >= 0.3 is 11.9 Å². The standard InChI is InChI=1S/C25H34O11/c1-9-5-24-6-10(9)3-4-13(24)25-7-11(34-21-17(29)16(28)15(27)12(8-26)35-21)19(30)23(2,22(33)36-25)18(25)14(24)20(31)32/h10-19,21,26-30H,1,3-8H2,2H3,(H,31,32)/t10-,11+,12-,13-,14-,15-,16+,17-,18-,19+,21-,23-,24+,25-/m1/s1. The molecule has 4 aliphatic carbocycles. The van der Waals surface area contributed by atoms with E-state index < -0.39 is 89.7 Å². The molecule has 0 radical (unpaired) electrons. The second-order valence-corrected chi connectivity index (χ2v) is 12.0. The summed E-state index contributed by atoms with van der Waals surface area (Å²) in [6.45, 7) is 5.10. The summed E-state index contributed by atoms with van der Waals surface area (Å²) < 4.78 is 17.6. The van der Waals surface area contributed by atoms with Crippen molar-refractivity contribution in [2.45, 2.75) is 87.5 Å². The summed E-state index contributed by atoms with van der Waals surface area (Å²) in [5.74, 6) is -3.37. The fourth-order valence-corrected chi connectivity index (χ4v) is 9.17. The summed E-state index contributed by atoms with van der Waals surface area (Å²) >= 11 is 0. The molecule has 11 nitrogen and oxygen atoms in total. The van der Waals surface area contributed by atoms with Crippen LogP contribution in [0.4, 0.5) is 0 Å². The number of aliphatic hydroxyl groups excluding tert-OH is 5. The average Bonchev–Trinajstić information content (AvgIpc) is 3.30. The molecular formula is C25H34O11. The Kier molecular flexibility index (Phi) is 5.30. The van der Waals surface area contributed by atoms with Crippen molar-refractivity contribution in [1.29, 1.82) is 0 Å². The third-order valence-corrected chi connectivity index (χ3v) is 10.6. The lowest BCUT2D eigenvalue weighted by molar-refractivity contribution is -0.326. The van der Waals surface area contributed by atoms with E-state index in [1.807, 2.05) is 0 Å². The van der Waals surface area contributed by atoms with Crippen LogP contribution in [-0.2, 0) is 23.8 Å². The van der Waals surface area contributed by atoms with Crippen LogP contribution in [0.5, 0.6) is 0 Å². The third kappa shape index (κ3) is 2.77. The van der Waals surface area contributed by atoms with Gasteiger partial charge in [-0.1, -0.05) is 12.2 Å². The molecule has 6 fully saturated rings. The van der Waals surface area contributed by atoms with Gasteiger partial charge in [-0.3, -0.25) is 9.59 Å². The molecule has 4 bridgehead atoms. The monoisotopic (exact) mass is 510 g/mol. The van der Waals surface area contributed by atoms with Crippen LogP contribution in [0.15, 0.2) is 12.2 Å². The lowest BCUT2D eigenvalue weighted by Crippen LogP contribution is -2.63. The first kappa shape index (κ1) is 24.7. The van der Waals surface area contributed by atoms with Crippen molar-refractivity contribution in [1.82, 2.24) is 0 Å². The Morgan fingerprint density at radius 1 is 1.14 bits per heavy atom. The van der Waals surface area contributed by atoms with Crippen LogP contribution in [0.25, 0.3) is 0 Å². The topological polar surface area (TPSA) is 183 Å². The molecular weight excluding hydrogens is 476 g/mol. The molecule has 200 valence electrons. The Labute approximate surface area is 207 Å². The smallest absolute Gasteiger partial charge is 0.315 e. The van der Waals surface area contributed by atoms with E-state index in [0.717, 1.165) is 12.0 Å². The summed E-state index contributed by atoms with van der Waals surface area (Å²) in [5.41, 5.74) is -2.36. The van der Waals surface area contributed by atoms with Crippen molar-refractivity contribution < 1.29 is 54.4 Å². The van der Waals surface area contributed by atoms with E-state index in [2.05, 4.69) is 6.58 Å². The van der Waals surface area contributed by atoms with Gasteiger partial charge < -0.3 is 44.8 Å². The summed E-state index contributed by atoms with van der Waals surface area (Å²) in [4.78, 5) is 26.2. The number of carboxylic acids is 1. The number of carboxylic acid groups (broad SMARTS) is 1. The number of aliphatic carboxylic acids is 1. The summed E-state index contributed by atoms with van der Waals surface area (Å²) in [7, 11) is 0. The highest BCUT2D eigenvalue weighted by atomic mass is 16.7. The van der Waals surface area contributed by atoms with Gasteiger partial charge in [0.2, 0.25) is 0 Å². The Morgan fingerprint density at radius 2 is 1.86 bits per heavy atom. The molecule has 14 atom stereocenters. The number of allylic oxidation sites excluding steroid dienone is 1. The van der Waals surface area contributed by atoms with Crippen molar-refractivity contribution in [3.63, 3.8) is 0 Å². The molecule has 0 unspecified atom stereocenters. The normalized spacial score (nSPS) is 57.3. The maximum atomic E-state index is 13.4. The van der Waals surface area contributed by atoms with Crippen molar-refractivity contribution in [3.05, 3.63) is 12.2 Å². The Hall–Kier alpha value is -1.60. The molecule has 0 aromatic heterocycles. The van der Waals surface area contributed by atoms with Crippen molar-refractivity contribution in [3.8, 4) is 0 Å². The Bertz CT molecular complexity index is 998. The van der Waals surface area contributed by atoms with Crippen LogP contribution < -0.4 is 0 Å². The lowest BCUT2D eigenvalue weighted by atomic mass is 9.58. The van der Waals surface area contributed by atoms with Crippen LogP contribution in [0.2, 0.25) is 0 Å². The second kappa shape index (κ2) is 7.72. The van der Waals surface area contributed by atoms with Gasteiger partial charge in [0.1, 0.15) is 35.4 Å². The van der Waals surface area contributed by atoms with E-state index in [-0.39, 0.29) is 18.3 Å². The third-order valence-electron chi connectivity index (χ3n) is 10.6. The molecule has 6 aliphatic rings. The van der Waals surface area contributed by atoms with Crippen molar-refractivity contribution in [2.75, 3.05) is 6.61 Å². The van der Waals surface area contributed by atoms with Gasteiger partial charge in [-0.25, -0.2) is 0 Å². The zero-order valence-electron chi connectivity index (χ0n) is 20.0. The first-order valence-corrected chi connectivity index (χ1v) is 12.7. The van der Waals surface area contributed by atoms with Gasteiger partial charge in [0.15, 0.2) is 6.29 Å². The van der Waals surface area contributed by atoms with Crippen molar-refractivity contribution >= 4 is 11.9 Å². The van der Waals surface area contributed by atoms with E-state index in [9.17, 15) is 40.2 Å². The zero-order chi connectivity index (χ0) is 25.9. The molecule has 1 spiro atoms. The molecule has 4 saturated carbocycles. The molecule has 36 heavy (non-hydrogen) atoms. The van der Waals surface area contributed by atoms with E-state index in [0.29, 0.717) is 19.3 Å². The van der Waals surface area contributed by atoms with Gasteiger partial charge in [0.05, 0.1) is 24.7 Å². The van der Waals surface area contributed by atoms with Crippen LogP contribution in [0.1, 0.15) is 39.0 Å². The van der Waals surface area contributed by atoms with Crippen LogP contribution in [0.3, 0.4) is 0 Å². The molecule has 0 aromatic carbocycles. The predicted molar refractivity (Wildman–Crippen MR) is 118 cm³/mol. The highest BCUT2D eigenvalue weighted by molar-refractivity contribution is 5.85. The van der Waals surface area contributed by atoms with E-state index in [4.69, 9.17) is 14.2 Å². The molecule has 6 rings (SSSR count). The number of carbonyl (C=O) groups excluding carboxylic acids is 1. The maximum absolute atomic E-state index is 13.4. The van der Waals surface area contributed by atoms with E-state index >= 15 is 0 Å². The highest BCUT2D eigenvalue weighted by Gasteiger charge is 2.84. The molecule has 2 heterocycles. The average molecular weight is 511 g/mol. The quantitative estimate of drug-likeness (QED) is 0.200. The maximum Gasteiger partial charge on any atom is 0.315 e. The molecule has 11 heteroatoms. The number of ether oxygens (including phenoxy) is 3. The van der Waals surface area contributed by atoms with Crippen LogP contribution >= 0.6 is 0 Å². The molecule has 0 aromatic rings. The van der Waals surface area contributed by atoms with Gasteiger partial charge in [-0.05, 0) is 43.9 Å². The lowest BCUT2D eigenvalue weighted by Gasteiger charge is -2.49. The number of carbonyl (C=O) groups is 2. The predicted octanol–water partition coefficient (Wildman–Crippen LogP) is -1.07. The van der Waals surface area contributed by atoms with Gasteiger partial charge in [0, 0.05) is 18.3 Å².